The van der Waals surface area contributed by atoms with Gasteiger partial charge in [0.2, 0.25) is 0 Å². The first kappa shape index (κ1) is 45.9. The van der Waals surface area contributed by atoms with Gasteiger partial charge in [-0.05, 0) is 195 Å². The molecule has 3 nitrogen and oxygen atoms in total. The molecule has 6 fully saturated rings. The van der Waals surface area contributed by atoms with E-state index in [1.54, 1.807) is 0 Å². The van der Waals surface area contributed by atoms with Crippen molar-refractivity contribution in [1.82, 2.24) is 4.90 Å². The molecule has 0 aromatic rings. The van der Waals surface area contributed by atoms with Gasteiger partial charge in [-0.1, -0.05) is 91.0 Å². The second-order valence-electron chi connectivity index (χ2n) is 22.3. The van der Waals surface area contributed by atoms with Crippen LogP contribution in [0.1, 0.15) is 208 Å². The van der Waals surface area contributed by atoms with Gasteiger partial charge in [0.1, 0.15) is 0 Å². The predicted molar refractivity (Wildman–Crippen MR) is 244 cm³/mol. The minimum atomic E-state index is 0.302. The van der Waals surface area contributed by atoms with Crippen molar-refractivity contribution >= 4 is 0 Å². The first-order valence-corrected chi connectivity index (χ1v) is 25.9. The zero-order chi connectivity index (χ0) is 40.1. The van der Waals surface area contributed by atoms with Crippen molar-refractivity contribution < 1.29 is 9.47 Å². The quantitative estimate of drug-likeness (QED) is 0.137. The van der Waals surface area contributed by atoms with Crippen LogP contribution in [0.3, 0.4) is 0 Å². The lowest BCUT2D eigenvalue weighted by molar-refractivity contribution is -0.0614. The van der Waals surface area contributed by atoms with Crippen molar-refractivity contribution in [3.05, 3.63) is 24.3 Å². The molecule has 0 aliphatic heterocycles. The third-order valence-corrected chi connectivity index (χ3v) is 17.7. The van der Waals surface area contributed by atoms with Crippen molar-refractivity contribution in [3.8, 4) is 0 Å². The van der Waals surface area contributed by atoms with E-state index in [-0.39, 0.29) is 0 Å². The van der Waals surface area contributed by atoms with Gasteiger partial charge in [0, 0.05) is 43.7 Å². The first-order valence-electron chi connectivity index (χ1n) is 25.9. The highest BCUT2D eigenvalue weighted by Crippen LogP contribution is 2.46. The van der Waals surface area contributed by atoms with Crippen LogP contribution in [0.15, 0.2) is 24.3 Å². The van der Waals surface area contributed by atoms with Crippen LogP contribution < -0.4 is 0 Å². The van der Waals surface area contributed by atoms with Crippen molar-refractivity contribution in [2.24, 2.45) is 65.1 Å². The highest BCUT2D eigenvalue weighted by atomic mass is 16.5. The largest absolute Gasteiger partial charge is 0.381 e. The molecule has 0 bridgehead atoms. The summed E-state index contributed by atoms with van der Waals surface area (Å²) >= 11 is 0. The Bertz CT molecular complexity index is 1140. The molecule has 0 spiro atoms. The third-order valence-electron chi connectivity index (χ3n) is 17.7. The smallest absolute Gasteiger partial charge is 0.0645 e. The Morgan fingerprint density at radius 3 is 1.49 bits per heavy atom. The lowest BCUT2D eigenvalue weighted by Gasteiger charge is -2.50. The number of nitrogens with zero attached hydrogens (tertiary/aromatic N) is 1. The van der Waals surface area contributed by atoms with E-state index in [9.17, 15) is 0 Å². The molecule has 6 rings (SSSR count). The predicted octanol–water partition coefficient (Wildman–Crippen LogP) is 15.0. The highest BCUT2D eigenvalue weighted by molar-refractivity contribution is 5.05. The molecular weight excluding hydrogens is 695 g/mol. The summed E-state index contributed by atoms with van der Waals surface area (Å²) in [6.07, 6.45) is 47.7. The van der Waals surface area contributed by atoms with Gasteiger partial charge in [-0.3, -0.25) is 4.90 Å². The minimum Gasteiger partial charge on any atom is -0.381 e. The second-order valence-corrected chi connectivity index (χ2v) is 22.3. The summed E-state index contributed by atoms with van der Waals surface area (Å²) in [6.45, 7) is 15.2. The van der Waals surface area contributed by atoms with E-state index in [0.717, 1.165) is 90.8 Å². The maximum atomic E-state index is 6.72. The van der Waals surface area contributed by atoms with Gasteiger partial charge in [-0.15, -0.1) is 0 Å². The van der Waals surface area contributed by atoms with Gasteiger partial charge in [-0.2, -0.15) is 0 Å². The molecule has 5 atom stereocenters. The average Bonchev–Trinajstić information content (AvgIpc) is 3.22. The summed E-state index contributed by atoms with van der Waals surface area (Å²) < 4.78 is 12.9. The van der Waals surface area contributed by atoms with Crippen LogP contribution in [-0.4, -0.2) is 49.0 Å². The molecule has 0 aromatic heterocycles. The Hall–Kier alpha value is -0.640. The molecule has 0 saturated heterocycles. The van der Waals surface area contributed by atoms with Crippen LogP contribution in [0.25, 0.3) is 0 Å². The molecule has 6 saturated carbocycles. The van der Waals surface area contributed by atoms with Crippen LogP contribution >= 0.6 is 0 Å². The van der Waals surface area contributed by atoms with E-state index in [1.807, 2.05) is 7.11 Å². The summed E-state index contributed by atoms with van der Waals surface area (Å²) in [7, 11) is 1.94. The molecule has 6 aliphatic rings. The summed E-state index contributed by atoms with van der Waals surface area (Å²) in [5, 5.41) is 0. The molecule has 57 heavy (non-hydrogen) atoms. The summed E-state index contributed by atoms with van der Waals surface area (Å²) in [5.41, 5.74) is 0. The number of methoxy groups -OCH3 is 1. The van der Waals surface area contributed by atoms with E-state index in [1.165, 1.54) is 154 Å². The molecule has 0 N–H and O–H groups in total. The highest BCUT2D eigenvalue weighted by Gasteiger charge is 2.41. The summed E-state index contributed by atoms with van der Waals surface area (Å²) in [6, 6.07) is 2.64. The average molecular weight is 790 g/mol. The molecule has 0 amide bonds. The zero-order valence-electron chi connectivity index (χ0n) is 38.9. The molecule has 3 heteroatoms. The van der Waals surface area contributed by atoms with Crippen LogP contribution in [0.5, 0.6) is 0 Å². The fraction of sp³-hybridized carbons (Fsp3) is 0.926. The Kier molecular flexibility index (Phi) is 18.9. The Balaban J connectivity index is 0.954. The van der Waals surface area contributed by atoms with E-state index >= 15 is 0 Å². The van der Waals surface area contributed by atoms with Gasteiger partial charge in [0.05, 0.1) is 12.2 Å². The maximum Gasteiger partial charge on any atom is 0.0645 e. The Morgan fingerprint density at radius 1 is 0.526 bits per heavy atom. The van der Waals surface area contributed by atoms with E-state index in [2.05, 4.69) is 70.7 Å². The van der Waals surface area contributed by atoms with Crippen molar-refractivity contribution in [2.45, 2.75) is 239 Å². The number of rotatable bonds is 17. The molecule has 0 radical (unpaired) electrons. The zero-order valence-corrected chi connectivity index (χ0v) is 38.9. The van der Waals surface area contributed by atoms with Crippen LogP contribution in [0.4, 0.5) is 0 Å². The van der Waals surface area contributed by atoms with E-state index < -0.39 is 0 Å². The number of ether oxygens (including phenoxy) is 2. The molecule has 6 aliphatic carbocycles. The van der Waals surface area contributed by atoms with Gasteiger partial charge >= 0.3 is 0 Å². The number of allylic oxidation sites excluding steroid dienone is 2. The molecular formula is C54H95NO2. The number of hydrogen-bond donors (Lipinski definition) is 0. The fourth-order valence-corrected chi connectivity index (χ4v) is 13.8. The lowest BCUT2D eigenvalue weighted by Crippen LogP contribution is -2.53. The van der Waals surface area contributed by atoms with Crippen LogP contribution in [0, 0.1) is 65.1 Å². The monoisotopic (exact) mass is 790 g/mol. The number of hydrogen-bond acceptors (Lipinski definition) is 3. The summed E-state index contributed by atoms with van der Waals surface area (Å²) in [4.78, 5) is 3.24. The first-order chi connectivity index (χ1) is 27.7. The minimum absolute atomic E-state index is 0.302. The molecule has 5 unspecified atom stereocenters. The molecule has 0 heterocycles. The molecule has 328 valence electrons. The van der Waals surface area contributed by atoms with Crippen molar-refractivity contribution in [3.63, 3.8) is 0 Å². The van der Waals surface area contributed by atoms with E-state index in [0.29, 0.717) is 24.0 Å². The second kappa shape index (κ2) is 23.5. The maximum absolute atomic E-state index is 6.72. The Morgan fingerprint density at radius 2 is 0.982 bits per heavy atom. The third kappa shape index (κ3) is 13.7. The standard InChI is InChI=1S/C54H95NO2/c1-8-10-48-37-53(56-7)49(38-54(48)57-36-35-40(4)12-9-11-39(2)3)24-19-43-17-22-45(23-18-43)47-27-33-52(34-28-47)55(50-29-15-42(6)16-30-50)51-31-25-46(26-32-51)44-20-13-41(5)14-21-44/h8,10,19,24,39-54H,9,11-18,20-23,25-38H2,1-7H3. The summed E-state index contributed by atoms with van der Waals surface area (Å²) in [5.74, 6) is 9.26. The van der Waals surface area contributed by atoms with Crippen molar-refractivity contribution in [1.29, 1.82) is 0 Å². The van der Waals surface area contributed by atoms with Gasteiger partial charge in [0.15, 0.2) is 0 Å². The van der Waals surface area contributed by atoms with Crippen molar-refractivity contribution in [2.75, 3.05) is 13.7 Å². The van der Waals surface area contributed by atoms with Crippen LogP contribution in [-0.2, 0) is 9.47 Å². The van der Waals surface area contributed by atoms with Gasteiger partial charge in [-0.25, -0.2) is 0 Å². The van der Waals surface area contributed by atoms with Crippen LogP contribution in [0.2, 0.25) is 0 Å². The normalized spacial score (nSPS) is 40.6. The SMILES string of the molecule is CC=CC1CC(OC)C(C=CC2CCC(C3CCC(N(C4CCC(C)CC4)C4CCC(C5CCC(C)CC5)CC4)CC3)CC2)CC1OCCC(C)CCCC(C)C. The topological polar surface area (TPSA) is 21.7 Å². The molecule has 0 aromatic carbocycles. The fourth-order valence-electron chi connectivity index (χ4n) is 13.8. The van der Waals surface area contributed by atoms with Gasteiger partial charge in [0.25, 0.3) is 0 Å². The van der Waals surface area contributed by atoms with Gasteiger partial charge < -0.3 is 9.47 Å². The lowest BCUT2D eigenvalue weighted by atomic mass is 9.68. The Labute approximate surface area is 355 Å². The van der Waals surface area contributed by atoms with E-state index in [4.69, 9.17) is 9.47 Å².